The molecule has 1 heterocycles. The Morgan fingerprint density at radius 2 is 1.95 bits per heavy atom. The first kappa shape index (κ1) is 15.3. The van der Waals surface area contributed by atoms with Gasteiger partial charge in [-0.05, 0) is 30.5 Å². The highest BCUT2D eigenvalue weighted by molar-refractivity contribution is 7.14. The summed E-state index contributed by atoms with van der Waals surface area (Å²) in [6.45, 7) is 3.99. The fraction of sp³-hybridized carbons (Fsp3) is 0.250. The van der Waals surface area contributed by atoms with E-state index >= 15 is 0 Å². The first-order chi connectivity index (χ1) is 10.0. The van der Waals surface area contributed by atoms with Crippen LogP contribution in [-0.2, 0) is 11.2 Å². The van der Waals surface area contributed by atoms with Gasteiger partial charge in [0.05, 0.1) is 4.88 Å². The number of carboxylic acids is 1. The summed E-state index contributed by atoms with van der Waals surface area (Å²) in [5.41, 5.74) is 1.68. The molecule has 0 fully saturated rings. The van der Waals surface area contributed by atoms with Gasteiger partial charge < -0.3 is 10.4 Å². The predicted octanol–water partition coefficient (Wildman–Crippen LogP) is 3.17. The largest absolute Gasteiger partial charge is 0.479 e. The Bertz CT molecular complexity index is 649. The number of carbonyl (C=O) groups is 2. The van der Waals surface area contributed by atoms with E-state index in [0.717, 1.165) is 16.9 Å². The van der Waals surface area contributed by atoms with Crippen LogP contribution in [0.15, 0.2) is 36.4 Å². The van der Waals surface area contributed by atoms with Crippen LogP contribution in [0.2, 0.25) is 0 Å². The zero-order valence-corrected chi connectivity index (χ0v) is 12.7. The maximum Gasteiger partial charge on any atom is 0.330 e. The third-order valence-electron chi connectivity index (χ3n) is 3.28. The van der Waals surface area contributed by atoms with E-state index in [9.17, 15) is 14.7 Å². The minimum absolute atomic E-state index is 0.348. The van der Waals surface area contributed by atoms with Crippen LogP contribution < -0.4 is 5.32 Å². The van der Waals surface area contributed by atoms with Crippen molar-refractivity contribution in [2.24, 2.45) is 0 Å². The van der Waals surface area contributed by atoms with Crippen LogP contribution in [-0.4, -0.2) is 17.0 Å². The summed E-state index contributed by atoms with van der Waals surface area (Å²) in [6, 6.07) is 9.49. The van der Waals surface area contributed by atoms with Crippen LogP contribution in [0.5, 0.6) is 0 Å². The van der Waals surface area contributed by atoms with Crippen molar-refractivity contribution in [1.82, 2.24) is 5.32 Å². The molecule has 0 saturated carbocycles. The van der Waals surface area contributed by atoms with Gasteiger partial charge in [0, 0.05) is 4.88 Å². The molecule has 0 aliphatic rings. The van der Waals surface area contributed by atoms with Crippen molar-refractivity contribution in [2.75, 3.05) is 0 Å². The first-order valence-corrected chi connectivity index (χ1v) is 7.52. The fourth-order valence-electron chi connectivity index (χ4n) is 2.12. The van der Waals surface area contributed by atoms with Crippen molar-refractivity contribution >= 4 is 23.2 Å². The molecule has 0 spiro atoms. The number of nitrogens with one attached hydrogen (secondary N) is 1. The average molecular weight is 303 g/mol. The minimum Gasteiger partial charge on any atom is -0.479 e. The van der Waals surface area contributed by atoms with Gasteiger partial charge >= 0.3 is 5.97 Å². The molecule has 2 rings (SSSR count). The van der Waals surface area contributed by atoms with Gasteiger partial charge in [-0.1, -0.05) is 37.3 Å². The van der Waals surface area contributed by atoms with E-state index in [2.05, 4.69) is 5.32 Å². The molecule has 21 heavy (non-hydrogen) atoms. The van der Waals surface area contributed by atoms with Gasteiger partial charge in [0.25, 0.3) is 5.91 Å². The molecule has 1 aromatic carbocycles. The molecule has 0 saturated heterocycles. The Morgan fingerprint density at radius 1 is 1.29 bits per heavy atom. The smallest absolute Gasteiger partial charge is 0.330 e. The lowest BCUT2D eigenvalue weighted by Gasteiger charge is -2.14. The molecule has 0 aliphatic carbocycles. The highest BCUT2D eigenvalue weighted by Gasteiger charge is 2.23. The number of hydrogen-bond acceptors (Lipinski definition) is 3. The first-order valence-electron chi connectivity index (χ1n) is 6.70. The third kappa shape index (κ3) is 3.49. The molecular formula is C16H17NO3S. The van der Waals surface area contributed by atoms with Crippen molar-refractivity contribution in [3.05, 3.63) is 57.3 Å². The van der Waals surface area contributed by atoms with Crippen LogP contribution in [0.1, 0.15) is 38.6 Å². The van der Waals surface area contributed by atoms with Crippen molar-refractivity contribution in [1.29, 1.82) is 0 Å². The second-order valence-electron chi connectivity index (χ2n) is 4.70. The van der Waals surface area contributed by atoms with E-state index < -0.39 is 12.0 Å². The summed E-state index contributed by atoms with van der Waals surface area (Å²) >= 11 is 1.39. The second kappa shape index (κ2) is 6.54. The number of carboxylic acid groups (broad SMARTS) is 1. The molecule has 1 aromatic heterocycles. The summed E-state index contributed by atoms with van der Waals surface area (Å²) in [4.78, 5) is 25.3. The van der Waals surface area contributed by atoms with Gasteiger partial charge in [-0.15, -0.1) is 11.3 Å². The molecule has 0 unspecified atom stereocenters. The van der Waals surface area contributed by atoms with Crippen LogP contribution in [0, 0.1) is 6.92 Å². The van der Waals surface area contributed by atoms with Crippen molar-refractivity contribution < 1.29 is 14.7 Å². The van der Waals surface area contributed by atoms with Gasteiger partial charge in [0.2, 0.25) is 0 Å². The molecule has 4 nitrogen and oxygen atoms in total. The molecule has 0 radical (unpaired) electrons. The summed E-state index contributed by atoms with van der Waals surface area (Å²) in [6.07, 6.45) is 0.858. The zero-order valence-electron chi connectivity index (χ0n) is 11.9. The minimum atomic E-state index is -1.07. The number of amides is 1. The van der Waals surface area contributed by atoms with E-state index in [1.54, 1.807) is 30.3 Å². The lowest BCUT2D eigenvalue weighted by atomic mass is 10.1. The second-order valence-corrected chi connectivity index (χ2v) is 5.96. The quantitative estimate of drug-likeness (QED) is 0.891. The van der Waals surface area contributed by atoms with Crippen molar-refractivity contribution in [3.8, 4) is 0 Å². The summed E-state index contributed by atoms with van der Waals surface area (Å²) in [5.74, 6) is -1.42. The molecule has 1 atom stereocenters. The molecule has 0 aliphatic heterocycles. The predicted molar refractivity (Wildman–Crippen MR) is 82.7 cm³/mol. The zero-order chi connectivity index (χ0) is 15.4. The molecule has 2 N–H and O–H groups in total. The standard InChI is InChI=1S/C16H17NO3S/c1-3-11-9-13(21-10(11)2)15(18)17-14(16(19)20)12-7-5-4-6-8-12/h4-9,14H,3H2,1-2H3,(H,17,18)(H,19,20)/t14-/m0/s1. The number of aliphatic carboxylic acids is 1. The van der Waals surface area contributed by atoms with Gasteiger partial charge in [-0.2, -0.15) is 0 Å². The molecule has 5 heteroatoms. The number of benzene rings is 1. The maximum absolute atomic E-state index is 12.3. The normalized spacial score (nSPS) is 11.9. The van der Waals surface area contributed by atoms with Crippen molar-refractivity contribution in [3.63, 3.8) is 0 Å². The molecule has 2 aromatic rings. The number of aryl methyl sites for hydroxylation is 2. The van der Waals surface area contributed by atoms with Gasteiger partial charge in [0.1, 0.15) is 0 Å². The summed E-state index contributed by atoms with van der Waals surface area (Å²) < 4.78 is 0. The number of rotatable bonds is 5. The van der Waals surface area contributed by atoms with E-state index in [1.165, 1.54) is 11.3 Å². The topological polar surface area (TPSA) is 66.4 Å². The monoisotopic (exact) mass is 303 g/mol. The fourth-order valence-corrected chi connectivity index (χ4v) is 3.14. The SMILES string of the molecule is CCc1cc(C(=O)N[C@H](C(=O)O)c2ccccc2)sc1C. The average Bonchev–Trinajstić information content (AvgIpc) is 2.86. The van der Waals surface area contributed by atoms with Crippen LogP contribution >= 0.6 is 11.3 Å². The number of carbonyl (C=O) groups excluding carboxylic acids is 1. The molecule has 1 amide bonds. The Labute approximate surface area is 127 Å². The summed E-state index contributed by atoms with van der Waals surface area (Å²) in [7, 11) is 0. The molecule has 0 bridgehead atoms. The lowest BCUT2D eigenvalue weighted by molar-refractivity contribution is -0.139. The van der Waals surface area contributed by atoms with Gasteiger partial charge in [-0.3, -0.25) is 4.79 Å². The Balaban J connectivity index is 2.21. The van der Waals surface area contributed by atoms with E-state index in [0.29, 0.717) is 10.4 Å². The number of thiophene rings is 1. The van der Waals surface area contributed by atoms with Crippen molar-refractivity contribution in [2.45, 2.75) is 26.3 Å². The van der Waals surface area contributed by atoms with E-state index in [1.807, 2.05) is 19.9 Å². The Morgan fingerprint density at radius 3 is 2.48 bits per heavy atom. The Hall–Kier alpha value is -2.14. The van der Waals surface area contributed by atoms with E-state index in [-0.39, 0.29) is 5.91 Å². The summed E-state index contributed by atoms with van der Waals surface area (Å²) in [5, 5.41) is 11.9. The Kier molecular flexibility index (Phi) is 4.75. The highest BCUT2D eigenvalue weighted by atomic mass is 32.1. The lowest BCUT2D eigenvalue weighted by Crippen LogP contribution is -2.33. The molecular weight excluding hydrogens is 286 g/mol. The molecule has 110 valence electrons. The van der Waals surface area contributed by atoms with Crippen LogP contribution in [0.4, 0.5) is 0 Å². The van der Waals surface area contributed by atoms with Crippen LogP contribution in [0.3, 0.4) is 0 Å². The van der Waals surface area contributed by atoms with E-state index in [4.69, 9.17) is 0 Å². The maximum atomic E-state index is 12.3. The third-order valence-corrected chi connectivity index (χ3v) is 4.37. The van der Waals surface area contributed by atoms with Gasteiger partial charge in [-0.25, -0.2) is 4.79 Å². The highest BCUT2D eigenvalue weighted by Crippen LogP contribution is 2.23. The van der Waals surface area contributed by atoms with Crippen LogP contribution in [0.25, 0.3) is 0 Å². The van der Waals surface area contributed by atoms with Gasteiger partial charge in [0.15, 0.2) is 6.04 Å². The number of hydrogen-bond donors (Lipinski definition) is 2.